The summed E-state index contributed by atoms with van der Waals surface area (Å²) in [6.45, 7) is 2.06. The first-order valence-corrected chi connectivity index (χ1v) is 8.99. The number of nitrogens with zero attached hydrogens (tertiary/aromatic N) is 6. The van der Waals surface area contributed by atoms with Crippen LogP contribution in [-0.4, -0.2) is 36.5 Å². The third kappa shape index (κ3) is 2.68. The molecule has 7 heteroatoms. The minimum absolute atomic E-state index is 0.657. The highest BCUT2D eigenvalue weighted by Crippen LogP contribution is 2.22. The molecule has 0 saturated heterocycles. The average molecular weight is 370 g/mol. The second-order valence-corrected chi connectivity index (χ2v) is 6.71. The predicted molar refractivity (Wildman–Crippen MR) is 106 cm³/mol. The van der Waals surface area contributed by atoms with E-state index >= 15 is 0 Å². The van der Waals surface area contributed by atoms with Gasteiger partial charge in [0.1, 0.15) is 17.9 Å². The monoisotopic (exact) mass is 370 g/mol. The first kappa shape index (κ1) is 16.4. The van der Waals surface area contributed by atoms with Crippen LogP contribution in [0.1, 0.15) is 17.0 Å². The van der Waals surface area contributed by atoms with Gasteiger partial charge in [0.05, 0.1) is 24.4 Å². The molecular formula is C21H18N6O. The first-order chi connectivity index (χ1) is 13.7. The highest BCUT2D eigenvalue weighted by molar-refractivity contribution is 5.89. The van der Waals surface area contributed by atoms with Gasteiger partial charge in [0.15, 0.2) is 11.3 Å². The zero-order valence-corrected chi connectivity index (χ0v) is 15.6. The van der Waals surface area contributed by atoms with Gasteiger partial charge in [-0.05, 0) is 42.3 Å². The molecule has 0 aliphatic carbocycles. The molecule has 28 heavy (non-hydrogen) atoms. The van der Waals surface area contributed by atoms with Gasteiger partial charge in [-0.25, -0.2) is 9.67 Å². The third-order valence-electron chi connectivity index (χ3n) is 4.81. The lowest BCUT2D eigenvalue weighted by Gasteiger charge is -2.05. The Kier molecular flexibility index (Phi) is 3.79. The van der Waals surface area contributed by atoms with Gasteiger partial charge in [0, 0.05) is 6.42 Å². The van der Waals surface area contributed by atoms with Gasteiger partial charge in [-0.3, -0.25) is 4.40 Å². The summed E-state index contributed by atoms with van der Waals surface area (Å²) in [5.74, 6) is 1.67. The Balaban J connectivity index is 1.56. The fourth-order valence-corrected chi connectivity index (χ4v) is 3.36. The van der Waals surface area contributed by atoms with Crippen molar-refractivity contribution in [3.05, 3.63) is 78.0 Å². The van der Waals surface area contributed by atoms with Crippen molar-refractivity contribution in [2.45, 2.75) is 13.3 Å². The van der Waals surface area contributed by atoms with E-state index in [0.717, 1.165) is 39.5 Å². The van der Waals surface area contributed by atoms with Crippen LogP contribution in [0.25, 0.3) is 22.4 Å². The van der Waals surface area contributed by atoms with Crippen LogP contribution in [0.15, 0.2) is 61.1 Å². The summed E-state index contributed by atoms with van der Waals surface area (Å²) in [4.78, 5) is 4.64. The number of fused-ring (bicyclic) bond motifs is 3. The standard InChI is InChI=1S/C21H18N6O/c1-14-4-3-5-16(10-14)27-20-18(12-23-27)21-25-24-19(26(21)13-22-20)11-15-6-8-17(28-2)9-7-15/h3-10,12-13H,11H2,1-2H3. The second-order valence-electron chi connectivity index (χ2n) is 6.71. The normalized spacial score (nSPS) is 11.4. The van der Waals surface area contributed by atoms with Crippen LogP contribution in [0, 0.1) is 6.92 Å². The molecule has 0 saturated carbocycles. The van der Waals surface area contributed by atoms with Crippen molar-refractivity contribution < 1.29 is 4.74 Å². The molecule has 5 rings (SSSR count). The topological polar surface area (TPSA) is 70.1 Å². The fraction of sp³-hybridized carbons (Fsp3) is 0.143. The molecule has 0 N–H and O–H groups in total. The molecule has 0 radical (unpaired) electrons. The van der Waals surface area contributed by atoms with E-state index in [1.54, 1.807) is 19.6 Å². The quantitative estimate of drug-likeness (QED) is 0.485. The first-order valence-electron chi connectivity index (χ1n) is 8.99. The highest BCUT2D eigenvalue weighted by atomic mass is 16.5. The number of hydrogen-bond acceptors (Lipinski definition) is 5. The van der Waals surface area contributed by atoms with Crippen LogP contribution in [0.4, 0.5) is 0 Å². The fourth-order valence-electron chi connectivity index (χ4n) is 3.36. The van der Waals surface area contributed by atoms with Gasteiger partial charge in [-0.2, -0.15) is 5.10 Å². The highest BCUT2D eigenvalue weighted by Gasteiger charge is 2.14. The van der Waals surface area contributed by atoms with E-state index in [1.165, 1.54) is 5.56 Å². The smallest absolute Gasteiger partial charge is 0.174 e. The molecule has 0 atom stereocenters. The Bertz CT molecular complexity index is 1290. The van der Waals surface area contributed by atoms with Crippen molar-refractivity contribution in [2.75, 3.05) is 7.11 Å². The average Bonchev–Trinajstić information content (AvgIpc) is 3.32. The number of benzene rings is 2. The number of aryl methyl sites for hydroxylation is 1. The van der Waals surface area contributed by atoms with Crippen molar-refractivity contribution in [2.24, 2.45) is 0 Å². The van der Waals surface area contributed by atoms with E-state index in [9.17, 15) is 0 Å². The Morgan fingerprint density at radius 1 is 1.00 bits per heavy atom. The van der Waals surface area contributed by atoms with Crippen molar-refractivity contribution in [1.82, 2.24) is 29.4 Å². The molecule has 0 aliphatic rings. The van der Waals surface area contributed by atoms with E-state index in [4.69, 9.17) is 4.74 Å². The Hall–Kier alpha value is -3.74. The van der Waals surface area contributed by atoms with E-state index in [1.807, 2.05) is 45.5 Å². The SMILES string of the molecule is COc1ccc(Cc2nnc3c4cnn(-c5cccc(C)c5)c4ncn23)cc1. The largest absolute Gasteiger partial charge is 0.497 e. The van der Waals surface area contributed by atoms with Gasteiger partial charge >= 0.3 is 0 Å². The zero-order chi connectivity index (χ0) is 19.1. The van der Waals surface area contributed by atoms with Crippen molar-refractivity contribution in [3.8, 4) is 11.4 Å². The van der Waals surface area contributed by atoms with E-state index < -0.39 is 0 Å². The predicted octanol–water partition coefficient (Wildman–Crippen LogP) is 3.37. The Labute approximate surface area is 161 Å². The zero-order valence-electron chi connectivity index (χ0n) is 15.6. The molecule has 3 heterocycles. The van der Waals surface area contributed by atoms with Crippen LogP contribution < -0.4 is 4.74 Å². The number of aromatic nitrogens is 6. The van der Waals surface area contributed by atoms with E-state index in [2.05, 4.69) is 39.3 Å². The Morgan fingerprint density at radius 2 is 1.86 bits per heavy atom. The van der Waals surface area contributed by atoms with Crippen LogP contribution >= 0.6 is 0 Å². The van der Waals surface area contributed by atoms with E-state index in [0.29, 0.717) is 6.42 Å². The maximum atomic E-state index is 5.22. The van der Waals surface area contributed by atoms with Gasteiger partial charge in [0.2, 0.25) is 0 Å². The van der Waals surface area contributed by atoms with Crippen LogP contribution in [-0.2, 0) is 6.42 Å². The van der Waals surface area contributed by atoms with Crippen molar-refractivity contribution in [3.63, 3.8) is 0 Å². The number of hydrogen-bond donors (Lipinski definition) is 0. The summed E-state index contributed by atoms with van der Waals surface area (Å²) in [6.07, 6.45) is 4.22. The molecule has 0 amide bonds. The van der Waals surface area contributed by atoms with Gasteiger partial charge in [-0.1, -0.05) is 24.3 Å². The maximum absolute atomic E-state index is 5.22. The maximum Gasteiger partial charge on any atom is 0.174 e. The van der Waals surface area contributed by atoms with E-state index in [-0.39, 0.29) is 0 Å². The molecule has 3 aromatic heterocycles. The third-order valence-corrected chi connectivity index (χ3v) is 4.81. The van der Waals surface area contributed by atoms with Crippen molar-refractivity contribution >= 4 is 16.7 Å². The van der Waals surface area contributed by atoms with Crippen LogP contribution in [0.2, 0.25) is 0 Å². The lowest BCUT2D eigenvalue weighted by atomic mass is 10.1. The molecule has 138 valence electrons. The van der Waals surface area contributed by atoms with Crippen LogP contribution in [0.5, 0.6) is 5.75 Å². The summed E-state index contributed by atoms with van der Waals surface area (Å²) < 4.78 is 8.98. The molecule has 0 unspecified atom stereocenters. The molecule has 0 fully saturated rings. The minimum atomic E-state index is 0.657. The molecule has 2 aromatic carbocycles. The molecule has 7 nitrogen and oxygen atoms in total. The summed E-state index contributed by atoms with van der Waals surface area (Å²) in [5.41, 5.74) is 4.80. The number of rotatable bonds is 4. The summed E-state index contributed by atoms with van der Waals surface area (Å²) in [7, 11) is 1.66. The molecule has 5 aromatic rings. The number of ether oxygens (including phenoxy) is 1. The molecular weight excluding hydrogens is 352 g/mol. The molecule has 0 spiro atoms. The van der Waals surface area contributed by atoms with Gasteiger partial charge in [-0.15, -0.1) is 10.2 Å². The Morgan fingerprint density at radius 3 is 2.64 bits per heavy atom. The summed E-state index contributed by atoms with van der Waals surface area (Å²) in [6, 6.07) is 16.1. The second kappa shape index (κ2) is 6.45. The summed E-state index contributed by atoms with van der Waals surface area (Å²) >= 11 is 0. The number of methoxy groups -OCH3 is 1. The van der Waals surface area contributed by atoms with Gasteiger partial charge < -0.3 is 4.74 Å². The van der Waals surface area contributed by atoms with Gasteiger partial charge in [0.25, 0.3) is 0 Å². The minimum Gasteiger partial charge on any atom is -0.497 e. The molecule has 0 bridgehead atoms. The molecule has 0 aliphatic heterocycles. The lowest BCUT2D eigenvalue weighted by Crippen LogP contribution is -2.00. The lowest BCUT2D eigenvalue weighted by molar-refractivity contribution is 0.414. The van der Waals surface area contributed by atoms with Crippen molar-refractivity contribution in [1.29, 1.82) is 0 Å². The summed E-state index contributed by atoms with van der Waals surface area (Å²) in [5, 5.41) is 14.2. The van der Waals surface area contributed by atoms with Crippen LogP contribution in [0.3, 0.4) is 0 Å².